The number of likely N-dealkylation sites (tertiary alicyclic amines) is 1. The van der Waals surface area contributed by atoms with Gasteiger partial charge in [-0.2, -0.15) is 0 Å². The Labute approximate surface area is 69.5 Å². The lowest BCUT2D eigenvalue weighted by Crippen LogP contribution is -2.24. The fourth-order valence-corrected chi connectivity index (χ4v) is 1.88. The van der Waals surface area contributed by atoms with Gasteiger partial charge >= 0.3 is 0 Å². The zero-order chi connectivity index (χ0) is 8.43. The van der Waals surface area contributed by atoms with Crippen LogP contribution in [0.25, 0.3) is 0 Å². The Hall–Kier alpha value is -0.0800. The first-order chi connectivity index (χ1) is 5.15. The molecule has 2 atom stereocenters. The van der Waals surface area contributed by atoms with Crippen LogP contribution in [0.2, 0.25) is 0 Å². The highest BCUT2D eigenvalue weighted by Crippen LogP contribution is 2.24. The van der Waals surface area contributed by atoms with Gasteiger partial charge in [0.15, 0.2) is 0 Å². The van der Waals surface area contributed by atoms with Crippen molar-refractivity contribution in [3.8, 4) is 0 Å². The van der Waals surface area contributed by atoms with Crippen molar-refractivity contribution < 1.29 is 4.74 Å². The molecular formula is C9H19NO. The number of hydrogen-bond donors (Lipinski definition) is 0. The summed E-state index contributed by atoms with van der Waals surface area (Å²) >= 11 is 0. The maximum absolute atomic E-state index is 5.41. The number of methoxy groups -OCH3 is 1. The van der Waals surface area contributed by atoms with Crippen molar-refractivity contribution in [2.45, 2.75) is 20.0 Å². The normalized spacial score (nSPS) is 33.5. The molecule has 0 unspecified atom stereocenters. The molecular weight excluding hydrogens is 138 g/mol. The Morgan fingerprint density at radius 3 is 2.36 bits per heavy atom. The second-order valence-electron chi connectivity index (χ2n) is 3.90. The molecule has 11 heavy (non-hydrogen) atoms. The Morgan fingerprint density at radius 1 is 1.36 bits per heavy atom. The molecule has 1 aliphatic rings. The molecule has 0 aromatic rings. The van der Waals surface area contributed by atoms with Crippen molar-refractivity contribution in [2.24, 2.45) is 11.8 Å². The van der Waals surface area contributed by atoms with E-state index in [0.29, 0.717) is 6.10 Å². The van der Waals surface area contributed by atoms with Gasteiger partial charge in [-0.3, -0.25) is 0 Å². The van der Waals surface area contributed by atoms with Crippen LogP contribution in [0.4, 0.5) is 0 Å². The largest absolute Gasteiger partial charge is 0.380 e. The Kier molecular flexibility index (Phi) is 2.90. The summed E-state index contributed by atoms with van der Waals surface area (Å²) in [4.78, 5) is 2.35. The summed E-state index contributed by atoms with van der Waals surface area (Å²) in [5.74, 6) is 1.47. The molecule has 0 bridgehead atoms. The van der Waals surface area contributed by atoms with Crippen LogP contribution in [0.1, 0.15) is 13.8 Å². The molecule has 0 saturated carbocycles. The van der Waals surface area contributed by atoms with Gasteiger partial charge in [-0.05, 0) is 13.0 Å². The van der Waals surface area contributed by atoms with Crippen LogP contribution in [-0.4, -0.2) is 38.3 Å². The Bertz CT molecular complexity index is 125. The predicted octanol–water partition coefficient (Wildman–Crippen LogP) is 1.22. The first-order valence-electron chi connectivity index (χ1n) is 4.36. The van der Waals surface area contributed by atoms with Crippen molar-refractivity contribution in [3.05, 3.63) is 0 Å². The van der Waals surface area contributed by atoms with Gasteiger partial charge in [0.2, 0.25) is 0 Å². The van der Waals surface area contributed by atoms with Gasteiger partial charge in [0.25, 0.3) is 0 Å². The zero-order valence-electron chi connectivity index (χ0n) is 8.00. The van der Waals surface area contributed by atoms with Crippen molar-refractivity contribution in [1.29, 1.82) is 0 Å². The first-order valence-corrected chi connectivity index (χ1v) is 4.36. The molecule has 0 spiro atoms. The second-order valence-corrected chi connectivity index (χ2v) is 3.90. The van der Waals surface area contributed by atoms with Gasteiger partial charge in [0, 0.05) is 26.1 Å². The molecule has 1 aliphatic heterocycles. The lowest BCUT2D eigenvalue weighted by Gasteiger charge is -2.20. The van der Waals surface area contributed by atoms with E-state index in [-0.39, 0.29) is 0 Å². The van der Waals surface area contributed by atoms with Crippen molar-refractivity contribution in [1.82, 2.24) is 4.90 Å². The van der Waals surface area contributed by atoms with Crippen LogP contribution in [0.5, 0.6) is 0 Å². The Balaban J connectivity index is 2.50. The second kappa shape index (κ2) is 3.55. The lowest BCUT2D eigenvalue weighted by atomic mass is 9.93. The summed E-state index contributed by atoms with van der Waals surface area (Å²) in [5.41, 5.74) is 0. The minimum atomic E-state index is 0.458. The molecule has 0 N–H and O–H groups in total. The molecule has 2 nitrogen and oxygen atoms in total. The van der Waals surface area contributed by atoms with Crippen molar-refractivity contribution >= 4 is 0 Å². The first kappa shape index (κ1) is 9.01. The van der Waals surface area contributed by atoms with E-state index in [4.69, 9.17) is 4.74 Å². The minimum Gasteiger partial charge on any atom is -0.380 e. The molecule has 0 radical (unpaired) electrons. The number of ether oxygens (including phenoxy) is 1. The third-order valence-corrected chi connectivity index (χ3v) is 2.65. The molecule has 0 aromatic carbocycles. The number of likely N-dealkylation sites (N-methyl/N-ethyl adjacent to an activating group) is 1. The highest BCUT2D eigenvalue weighted by Gasteiger charge is 2.32. The summed E-state index contributed by atoms with van der Waals surface area (Å²) < 4.78 is 5.41. The molecule has 1 heterocycles. The monoisotopic (exact) mass is 157 g/mol. The van der Waals surface area contributed by atoms with E-state index in [1.807, 2.05) is 7.11 Å². The van der Waals surface area contributed by atoms with Gasteiger partial charge < -0.3 is 9.64 Å². The van der Waals surface area contributed by atoms with Gasteiger partial charge in [-0.15, -0.1) is 0 Å². The van der Waals surface area contributed by atoms with E-state index in [2.05, 4.69) is 25.8 Å². The number of nitrogens with zero attached hydrogens (tertiary/aromatic N) is 1. The average Bonchev–Trinajstić information content (AvgIpc) is 2.30. The number of hydrogen-bond acceptors (Lipinski definition) is 2. The standard InChI is InChI=1S/C9H19NO/c1-7(2)8-5-10(3)6-9(8)11-4/h7-9H,5-6H2,1-4H3/t8-,9-/m0/s1. The van der Waals surface area contributed by atoms with Crippen LogP contribution < -0.4 is 0 Å². The molecule has 0 aliphatic carbocycles. The maximum Gasteiger partial charge on any atom is 0.0740 e. The van der Waals surface area contributed by atoms with Crippen molar-refractivity contribution in [3.63, 3.8) is 0 Å². The fraction of sp³-hybridized carbons (Fsp3) is 1.00. The van der Waals surface area contributed by atoms with Crippen LogP contribution >= 0.6 is 0 Å². The van der Waals surface area contributed by atoms with E-state index in [0.717, 1.165) is 18.4 Å². The van der Waals surface area contributed by atoms with Gasteiger partial charge in [0.05, 0.1) is 6.10 Å². The summed E-state index contributed by atoms with van der Waals surface area (Å²) in [5, 5.41) is 0. The van der Waals surface area contributed by atoms with E-state index in [1.165, 1.54) is 6.54 Å². The number of rotatable bonds is 2. The quantitative estimate of drug-likeness (QED) is 0.597. The third kappa shape index (κ3) is 1.94. The average molecular weight is 157 g/mol. The van der Waals surface area contributed by atoms with E-state index < -0.39 is 0 Å². The maximum atomic E-state index is 5.41. The summed E-state index contributed by atoms with van der Waals surface area (Å²) in [7, 11) is 3.98. The van der Waals surface area contributed by atoms with Gasteiger partial charge in [0.1, 0.15) is 0 Å². The van der Waals surface area contributed by atoms with Gasteiger partial charge in [-0.25, -0.2) is 0 Å². The topological polar surface area (TPSA) is 12.5 Å². The van der Waals surface area contributed by atoms with Crippen LogP contribution in [-0.2, 0) is 4.74 Å². The molecule has 2 heteroatoms. The Morgan fingerprint density at radius 2 is 2.00 bits per heavy atom. The van der Waals surface area contributed by atoms with Crippen molar-refractivity contribution in [2.75, 3.05) is 27.2 Å². The summed E-state index contributed by atoms with van der Waals surface area (Å²) in [6.07, 6.45) is 0.458. The van der Waals surface area contributed by atoms with Crippen LogP contribution in [0, 0.1) is 11.8 Å². The van der Waals surface area contributed by atoms with Crippen LogP contribution in [0.15, 0.2) is 0 Å². The van der Waals surface area contributed by atoms with Gasteiger partial charge in [-0.1, -0.05) is 13.8 Å². The van der Waals surface area contributed by atoms with Crippen LogP contribution in [0.3, 0.4) is 0 Å². The molecule has 1 rings (SSSR count). The van der Waals surface area contributed by atoms with E-state index in [9.17, 15) is 0 Å². The summed E-state index contributed by atoms with van der Waals surface area (Å²) in [6, 6.07) is 0. The third-order valence-electron chi connectivity index (χ3n) is 2.65. The molecule has 1 saturated heterocycles. The lowest BCUT2D eigenvalue weighted by molar-refractivity contribution is 0.0644. The fourth-order valence-electron chi connectivity index (χ4n) is 1.88. The SMILES string of the molecule is CO[C@H]1CN(C)C[C@H]1C(C)C. The van der Waals surface area contributed by atoms with E-state index >= 15 is 0 Å². The predicted molar refractivity (Wildman–Crippen MR) is 46.6 cm³/mol. The molecule has 1 fully saturated rings. The minimum absolute atomic E-state index is 0.458. The summed E-state index contributed by atoms with van der Waals surface area (Å²) in [6.45, 7) is 6.83. The van der Waals surface area contributed by atoms with E-state index in [1.54, 1.807) is 0 Å². The highest BCUT2D eigenvalue weighted by molar-refractivity contribution is 4.84. The highest BCUT2D eigenvalue weighted by atomic mass is 16.5. The zero-order valence-corrected chi connectivity index (χ0v) is 8.00. The molecule has 0 aromatic heterocycles. The smallest absolute Gasteiger partial charge is 0.0740 e. The molecule has 66 valence electrons. The molecule has 0 amide bonds.